The highest BCUT2D eigenvalue weighted by Gasteiger charge is 2.26. The van der Waals surface area contributed by atoms with Crippen LogP contribution in [0, 0.1) is 0 Å². The largest absolute Gasteiger partial charge is 0.394 e. The van der Waals surface area contributed by atoms with E-state index >= 15 is 0 Å². The summed E-state index contributed by atoms with van der Waals surface area (Å²) >= 11 is 0. The second-order valence-corrected chi connectivity index (χ2v) is 2.93. The lowest BCUT2D eigenvalue weighted by Gasteiger charge is -2.34. The van der Waals surface area contributed by atoms with E-state index in [0.29, 0.717) is 19.8 Å². The minimum absolute atomic E-state index is 0.0601. The number of carbonyl (C=O) groups is 1. The molecule has 1 amide bonds. The Bertz CT molecular complexity index is 174. The number of aliphatic hydroxyl groups is 1. The Morgan fingerprint density at radius 1 is 1.77 bits per heavy atom. The number of morpholine rings is 1. The Balaban J connectivity index is 2.48. The van der Waals surface area contributed by atoms with Gasteiger partial charge in [0, 0.05) is 13.7 Å². The number of ether oxygens (including phenoxy) is 2. The van der Waals surface area contributed by atoms with Gasteiger partial charge < -0.3 is 19.5 Å². The number of hydrogen-bond acceptors (Lipinski definition) is 4. The van der Waals surface area contributed by atoms with Gasteiger partial charge in [-0.3, -0.25) is 4.79 Å². The molecule has 5 heteroatoms. The lowest BCUT2D eigenvalue weighted by Crippen LogP contribution is -2.51. The molecular weight excluding hydrogens is 174 g/mol. The smallest absolute Gasteiger partial charge is 0.249 e. The molecule has 1 aliphatic heterocycles. The molecule has 13 heavy (non-hydrogen) atoms. The molecule has 1 rings (SSSR count). The van der Waals surface area contributed by atoms with Crippen LogP contribution in [0.15, 0.2) is 0 Å². The fourth-order valence-electron chi connectivity index (χ4n) is 1.34. The normalized spacial score (nSPS) is 23.2. The van der Waals surface area contributed by atoms with Crippen molar-refractivity contribution < 1.29 is 19.4 Å². The minimum atomic E-state index is -0.212. The number of aliphatic hydroxyl groups excluding tert-OH is 1. The first-order chi connectivity index (χ1) is 6.29. The van der Waals surface area contributed by atoms with E-state index in [1.165, 1.54) is 7.11 Å². The van der Waals surface area contributed by atoms with Crippen molar-refractivity contribution in [1.29, 1.82) is 0 Å². The minimum Gasteiger partial charge on any atom is -0.394 e. The highest BCUT2D eigenvalue weighted by molar-refractivity contribution is 5.77. The molecule has 1 aliphatic rings. The van der Waals surface area contributed by atoms with Gasteiger partial charge in [-0.25, -0.2) is 0 Å². The van der Waals surface area contributed by atoms with Crippen molar-refractivity contribution in [3.8, 4) is 0 Å². The van der Waals surface area contributed by atoms with Gasteiger partial charge in [-0.05, 0) is 0 Å². The molecule has 0 spiro atoms. The van der Waals surface area contributed by atoms with Gasteiger partial charge >= 0.3 is 0 Å². The molecule has 0 aromatic carbocycles. The summed E-state index contributed by atoms with van der Waals surface area (Å²) in [5.41, 5.74) is 0. The summed E-state index contributed by atoms with van der Waals surface area (Å²) in [7, 11) is 1.48. The van der Waals surface area contributed by atoms with E-state index in [0.717, 1.165) is 0 Å². The van der Waals surface area contributed by atoms with Crippen LogP contribution < -0.4 is 0 Å². The van der Waals surface area contributed by atoms with E-state index in [1.54, 1.807) is 4.90 Å². The third-order valence-electron chi connectivity index (χ3n) is 2.03. The Morgan fingerprint density at radius 3 is 3.15 bits per heavy atom. The predicted molar refractivity (Wildman–Crippen MR) is 45.3 cm³/mol. The summed E-state index contributed by atoms with van der Waals surface area (Å²) < 4.78 is 9.87. The van der Waals surface area contributed by atoms with Gasteiger partial charge in [0.05, 0.1) is 25.9 Å². The molecule has 5 nitrogen and oxygen atoms in total. The lowest BCUT2D eigenvalue weighted by atomic mass is 10.2. The van der Waals surface area contributed by atoms with Crippen LogP contribution in [-0.2, 0) is 14.3 Å². The van der Waals surface area contributed by atoms with Crippen LogP contribution in [0.5, 0.6) is 0 Å². The third-order valence-corrected chi connectivity index (χ3v) is 2.03. The van der Waals surface area contributed by atoms with Gasteiger partial charge in [-0.15, -0.1) is 0 Å². The topological polar surface area (TPSA) is 59.0 Å². The van der Waals surface area contributed by atoms with Gasteiger partial charge in [0.25, 0.3) is 0 Å². The Labute approximate surface area is 77.2 Å². The first-order valence-electron chi connectivity index (χ1n) is 4.26. The number of methoxy groups -OCH3 is 1. The number of rotatable bonds is 3. The average molecular weight is 189 g/mol. The van der Waals surface area contributed by atoms with Crippen LogP contribution in [0.2, 0.25) is 0 Å². The summed E-state index contributed by atoms with van der Waals surface area (Å²) in [6.07, 6.45) is 0. The average Bonchev–Trinajstić information content (AvgIpc) is 2.18. The van der Waals surface area contributed by atoms with E-state index in [4.69, 9.17) is 14.6 Å². The molecule has 0 bridgehead atoms. The van der Waals surface area contributed by atoms with Crippen LogP contribution in [-0.4, -0.2) is 62.0 Å². The summed E-state index contributed by atoms with van der Waals surface area (Å²) in [6.45, 7) is 1.48. The maximum atomic E-state index is 11.4. The molecule has 1 heterocycles. The summed E-state index contributed by atoms with van der Waals surface area (Å²) in [5, 5.41) is 8.96. The molecule has 0 aromatic rings. The molecule has 1 saturated heterocycles. The van der Waals surface area contributed by atoms with E-state index in [-0.39, 0.29) is 25.2 Å². The fraction of sp³-hybridized carbons (Fsp3) is 0.875. The van der Waals surface area contributed by atoms with Crippen molar-refractivity contribution in [2.24, 2.45) is 0 Å². The highest BCUT2D eigenvalue weighted by Crippen LogP contribution is 2.06. The van der Waals surface area contributed by atoms with Crippen molar-refractivity contribution in [3.63, 3.8) is 0 Å². The van der Waals surface area contributed by atoms with Crippen LogP contribution in [0.1, 0.15) is 0 Å². The van der Waals surface area contributed by atoms with Crippen LogP contribution in [0.25, 0.3) is 0 Å². The molecule has 0 radical (unpaired) electrons. The molecule has 1 unspecified atom stereocenters. The second kappa shape index (κ2) is 5.16. The molecule has 76 valence electrons. The van der Waals surface area contributed by atoms with Crippen LogP contribution in [0.4, 0.5) is 0 Å². The molecule has 1 atom stereocenters. The molecule has 0 aromatic heterocycles. The van der Waals surface area contributed by atoms with Gasteiger partial charge in [0.2, 0.25) is 5.91 Å². The standard InChI is InChI=1S/C8H15NO4/c1-12-6-8(11)9-2-3-13-5-7(9)4-10/h7,10H,2-6H2,1H3. The SMILES string of the molecule is COCC(=O)N1CCOCC1CO. The summed E-state index contributed by atoms with van der Waals surface area (Å²) in [6, 6.07) is -0.212. The Kier molecular flexibility index (Phi) is 4.14. The number of hydrogen-bond donors (Lipinski definition) is 1. The molecular formula is C8H15NO4. The first kappa shape index (κ1) is 10.4. The zero-order valence-electron chi connectivity index (χ0n) is 7.73. The fourth-order valence-corrected chi connectivity index (χ4v) is 1.34. The molecule has 1 N–H and O–H groups in total. The van der Waals surface area contributed by atoms with Crippen molar-refractivity contribution in [3.05, 3.63) is 0 Å². The Hall–Kier alpha value is -0.650. The summed E-state index contributed by atoms with van der Waals surface area (Å²) in [4.78, 5) is 13.0. The van der Waals surface area contributed by atoms with E-state index in [1.807, 2.05) is 0 Å². The molecule has 0 aliphatic carbocycles. The van der Waals surface area contributed by atoms with Gasteiger partial charge in [-0.2, -0.15) is 0 Å². The second-order valence-electron chi connectivity index (χ2n) is 2.93. The van der Waals surface area contributed by atoms with Gasteiger partial charge in [0.1, 0.15) is 6.61 Å². The Morgan fingerprint density at radius 2 is 2.54 bits per heavy atom. The van der Waals surface area contributed by atoms with E-state index in [9.17, 15) is 4.79 Å². The lowest BCUT2D eigenvalue weighted by molar-refractivity contribution is -0.145. The first-order valence-corrected chi connectivity index (χ1v) is 4.26. The predicted octanol–water partition coefficient (Wildman–Crippen LogP) is -1.15. The van der Waals surface area contributed by atoms with Crippen molar-refractivity contribution in [2.45, 2.75) is 6.04 Å². The maximum Gasteiger partial charge on any atom is 0.249 e. The zero-order valence-corrected chi connectivity index (χ0v) is 7.73. The van der Waals surface area contributed by atoms with Crippen molar-refractivity contribution in [2.75, 3.05) is 40.1 Å². The van der Waals surface area contributed by atoms with Gasteiger partial charge in [0.15, 0.2) is 0 Å². The maximum absolute atomic E-state index is 11.4. The molecule has 1 fully saturated rings. The van der Waals surface area contributed by atoms with E-state index < -0.39 is 0 Å². The summed E-state index contributed by atoms with van der Waals surface area (Å²) in [5.74, 6) is -0.0927. The number of amides is 1. The van der Waals surface area contributed by atoms with Crippen LogP contribution >= 0.6 is 0 Å². The quantitative estimate of drug-likeness (QED) is 0.609. The highest BCUT2D eigenvalue weighted by atomic mass is 16.5. The molecule has 0 saturated carbocycles. The van der Waals surface area contributed by atoms with E-state index in [2.05, 4.69) is 0 Å². The number of carbonyl (C=O) groups excluding carboxylic acids is 1. The monoisotopic (exact) mass is 189 g/mol. The van der Waals surface area contributed by atoms with Crippen molar-refractivity contribution >= 4 is 5.91 Å². The van der Waals surface area contributed by atoms with Gasteiger partial charge in [-0.1, -0.05) is 0 Å². The number of nitrogens with zero attached hydrogens (tertiary/aromatic N) is 1. The zero-order chi connectivity index (χ0) is 9.68. The van der Waals surface area contributed by atoms with Crippen molar-refractivity contribution in [1.82, 2.24) is 4.90 Å². The third kappa shape index (κ3) is 2.65. The van der Waals surface area contributed by atoms with Crippen LogP contribution in [0.3, 0.4) is 0 Å².